The van der Waals surface area contributed by atoms with Crippen LogP contribution >= 0.6 is 0 Å². The van der Waals surface area contributed by atoms with E-state index >= 15 is 0 Å². The molecular weight excluding hydrogens is 324 g/mol. The monoisotopic (exact) mass is 342 g/mol. The van der Waals surface area contributed by atoms with Gasteiger partial charge in [0.25, 0.3) is 15.7 Å². The molecule has 2 rings (SSSR count). The van der Waals surface area contributed by atoms with Gasteiger partial charge in [-0.3, -0.25) is 14.9 Å². The van der Waals surface area contributed by atoms with Gasteiger partial charge in [0.2, 0.25) is 5.91 Å². The quantitative estimate of drug-likeness (QED) is 0.621. The second kappa shape index (κ2) is 7.05. The van der Waals surface area contributed by atoms with Crippen molar-refractivity contribution in [2.24, 2.45) is 0 Å². The topological polar surface area (TPSA) is 116 Å². The van der Waals surface area contributed by atoms with Gasteiger partial charge in [-0.2, -0.15) is 0 Å². The van der Waals surface area contributed by atoms with E-state index in [2.05, 4.69) is 0 Å². The van der Waals surface area contributed by atoms with Crippen LogP contribution in [0.15, 0.2) is 23.1 Å². The maximum atomic E-state index is 12.2. The Balaban J connectivity index is 2.03. The lowest BCUT2D eigenvalue weighted by Gasteiger charge is -2.11. The zero-order valence-electron chi connectivity index (χ0n) is 12.6. The molecule has 0 saturated carbocycles. The number of benzene rings is 1. The van der Waals surface area contributed by atoms with Crippen molar-refractivity contribution >= 4 is 21.6 Å². The Morgan fingerprint density at radius 2 is 2.22 bits per heavy atom. The summed E-state index contributed by atoms with van der Waals surface area (Å²) in [5, 5.41) is 10.7. The van der Waals surface area contributed by atoms with Crippen LogP contribution in [0.2, 0.25) is 0 Å². The molecule has 1 aliphatic rings. The van der Waals surface area contributed by atoms with Crippen LogP contribution in [0.5, 0.6) is 0 Å². The molecule has 0 spiro atoms. The number of rotatable bonds is 6. The summed E-state index contributed by atoms with van der Waals surface area (Å²) in [5.41, 5.74) is 0.00443. The molecule has 0 aliphatic carbocycles. The highest BCUT2D eigenvalue weighted by atomic mass is 32.2. The average molecular weight is 342 g/mol. The normalized spacial score (nSPS) is 17.9. The average Bonchev–Trinajstić information content (AvgIpc) is 2.97. The van der Waals surface area contributed by atoms with E-state index in [4.69, 9.17) is 4.74 Å². The van der Waals surface area contributed by atoms with Crippen LogP contribution in [0, 0.1) is 17.0 Å². The number of nitro benzene ring substituents is 1. The van der Waals surface area contributed by atoms with Crippen LogP contribution in [0.25, 0.3) is 0 Å². The molecular formula is C14H18N2O6S. The number of nitrogens with zero attached hydrogens (tertiary/aromatic N) is 1. The molecule has 1 fully saturated rings. The van der Waals surface area contributed by atoms with Crippen molar-refractivity contribution in [3.8, 4) is 0 Å². The number of sulfonamides is 1. The SMILES string of the molecule is Cc1cc([N+](=O)[O-])ccc1S(=O)(=O)NC(=O)CCC1CCCO1. The first-order valence-electron chi connectivity index (χ1n) is 7.22. The molecule has 9 heteroatoms. The minimum absolute atomic E-state index is 0.00423. The molecule has 1 saturated heterocycles. The third kappa shape index (κ3) is 4.49. The van der Waals surface area contributed by atoms with Gasteiger partial charge in [-0.25, -0.2) is 13.1 Å². The number of carbonyl (C=O) groups is 1. The maximum absolute atomic E-state index is 12.2. The first-order chi connectivity index (χ1) is 10.8. The third-order valence-corrected chi connectivity index (χ3v) is 5.16. The van der Waals surface area contributed by atoms with E-state index in [1.807, 2.05) is 4.72 Å². The fourth-order valence-electron chi connectivity index (χ4n) is 2.47. The van der Waals surface area contributed by atoms with Gasteiger partial charge in [0, 0.05) is 25.2 Å². The van der Waals surface area contributed by atoms with Crippen molar-refractivity contribution in [2.45, 2.75) is 43.6 Å². The van der Waals surface area contributed by atoms with E-state index < -0.39 is 20.9 Å². The van der Waals surface area contributed by atoms with Crippen molar-refractivity contribution in [3.63, 3.8) is 0 Å². The summed E-state index contributed by atoms with van der Waals surface area (Å²) in [6.45, 7) is 2.12. The van der Waals surface area contributed by atoms with Gasteiger partial charge >= 0.3 is 0 Å². The van der Waals surface area contributed by atoms with Crippen LogP contribution in [0.3, 0.4) is 0 Å². The predicted molar refractivity (Wildman–Crippen MR) is 81.4 cm³/mol. The minimum Gasteiger partial charge on any atom is -0.378 e. The Labute approximate surface area is 134 Å². The van der Waals surface area contributed by atoms with Gasteiger partial charge in [0.05, 0.1) is 15.9 Å². The Hall–Kier alpha value is -2.00. The minimum atomic E-state index is -4.04. The highest BCUT2D eigenvalue weighted by molar-refractivity contribution is 7.90. The van der Waals surface area contributed by atoms with Crippen LogP contribution in [0.1, 0.15) is 31.2 Å². The molecule has 1 heterocycles. The van der Waals surface area contributed by atoms with Gasteiger partial charge in [0.15, 0.2) is 0 Å². The molecule has 8 nitrogen and oxygen atoms in total. The van der Waals surface area contributed by atoms with Gasteiger partial charge in [-0.05, 0) is 37.8 Å². The number of ether oxygens (including phenoxy) is 1. The Bertz CT molecular complexity index is 710. The van der Waals surface area contributed by atoms with Crippen molar-refractivity contribution in [3.05, 3.63) is 33.9 Å². The number of hydrogen-bond acceptors (Lipinski definition) is 6. The Morgan fingerprint density at radius 1 is 1.48 bits per heavy atom. The number of nitro groups is 1. The molecule has 1 atom stereocenters. The lowest BCUT2D eigenvalue weighted by Crippen LogP contribution is -2.31. The summed E-state index contributed by atoms with van der Waals surface area (Å²) in [5.74, 6) is -0.613. The smallest absolute Gasteiger partial charge is 0.269 e. The summed E-state index contributed by atoms with van der Waals surface area (Å²) >= 11 is 0. The van der Waals surface area contributed by atoms with E-state index in [-0.39, 0.29) is 28.7 Å². The molecule has 23 heavy (non-hydrogen) atoms. The van der Waals surface area contributed by atoms with Crippen molar-refractivity contribution < 1.29 is 22.9 Å². The number of non-ortho nitro benzene ring substituents is 1. The number of aryl methyl sites for hydroxylation is 1. The lowest BCUT2D eigenvalue weighted by atomic mass is 10.1. The van der Waals surface area contributed by atoms with E-state index in [0.29, 0.717) is 13.0 Å². The van der Waals surface area contributed by atoms with Crippen molar-refractivity contribution in [1.82, 2.24) is 4.72 Å². The molecule has 1 aliphatic heterocycles. The number of carbonyl (C=O) groups excluding carboxylic acids is 1. The largest absolute Gasteiger partial charge is 0.378 e. The summed E-state index contributed by atoms with van der Waals surface area (Å²) < 4.78 is 31.8. The fraction of sp³-hybridized carbons (Fsp3) is 0.500. The van der Waals surface area contributed by atoms with Crippen LogP contribution < -0.4 is 4.72 Å². The van der Waals surface area contributed by atoms with E-state index in [9.17, 15) is 23.3 Å². The fourth-order valence-corrected chi connectivity index (χ4v) is 3.71. The number of hydrogen-bond donors (Lipinski definition) is 1. The van der Waals surface area contributed by atoms with E-state index in [0.717, 1.165) is 31.0 Å². The van der Waals surface area contributed by atoms with Crippen molar-refractivity contribution in [2.75, 3.05) is 6.61 Å². The summed E-state index contributed by atoms with van der Waals surface area (Å²) in [7, 11) is -4.04. The van der Waals surface area contributed by atoms with Crippen LogP contribution in [-0.2, 0) is 19.6 Å². The molecule has 1 aromatic carbocycles. The molecule has 1 N–H and O–H groups in total. The first kappa shape index (κ1) is 17.4. The lowest BCUT2D eigenvalue weighted by molar-refractivity contribution is -0.385. The van der Waals surface area contributed by atoms with Crippen LogP contribution in [0.4, 0.5) is 5.69 Å². The Morgan fingerprint density at radius 3 is 2.78 bits per heavy atom. The molecule has 1 amide bonds. The number of amides is 1. The first-order valence-corrected chi connectivity index (χ1v) is 8.70. The summed E-state index contributed by atoms with van der Waals surface area (Å²) in [6, 6.07) is 3.38. The van der Waals surface area contributed by atoms with Crippen molar-refractivity contribution in [1.29, 1.82) is 0 Å². The summed E-state index contributed by atoms with van der Waals surface area (Å²) in [6.07, 6.45) is 2.36. The predicted octanol–water partition coefficient (Wildman–Crippen LogP) is 1.67. The highest BCUT2D eigenvalue weighted by Gasteiger charge is 2.23. The maximum Gasteiger partial charge on any atom is 0.269 e. The Kier molecular flexibility index (Phi) is 5.32. The molecule has 0 radical (unpaired) electrons. The highest BCUT2D eigenvalue weighted by Crippen LogP contribution is 2.21. The number of nitrogens with one attached hydrogen (secondary N) is 1. The standard InChI is InChI=1S/C14H18N2O6S/c1-10-9-11(16(18)19)4-6-13(10)23(20,21)15-14(17)7-5-12-3-2-8-22-12/h4,6,9,12H,2-3,5,7-8H2,1H3,(H,15,17). The molecule has 1 unspecified atom stereocenters. The zero-order chi connectivity index (χ0) is 17.0. The third-order valence-electron chi connectivity index (χ3n) is 3.62. The zero-order valence-corrected chi connectivity index (χ0v) is 13.5. The molecule has 126 valence electrons. The van der Waals surface area contributed by atoms with Crippen LogP contribution in [-0.4, -0.2) is 32.0 Å². The molecule has 0 bridgehead atoms. The second-order valence-corrected chi connectivity index (χ2v) is 7.06. The van der Waals surface area contributed by atoms with E-state index in [1.165, 1.54) is 6.92 Å². The second-order valence-electron chi connectivity index (χ2n) is 5.41. The van der Waals surface area contributed by atoms with E-state index in [1.54, 1.807) is 0 Å². The molecule has 1 aromatic rings. The van der Waals surface area contributed by atoms with Gasteiger partial charge in [-0.1, -0.05) is 0 Å². The van der Waals surface area contributed by atoms with Gasteiger partial charge < -0.3 is 4.74 Å². The van der Waals surface area contributed by atoms with Gasteiger partial charge in [0.1, 0.15) is 0 Å². The molecule has 0 aromatic heterocycles. The van der Waals surface area contributed by atoms with Gasteiger partial charge in [-0.15, -0.1) is 0 Å². The summed E-state index contributed by atoms with van der Waals surface area (Å²) in [4.78, 5) is 21.7.